The highest BCUT2D eigenvalue weighted by molar-refractivity contribution is 6.46. The molecule has 1 heterocycles. The average Bonchev–Trinajstić information content (AvgIpc) is 3.06. The Labute approximate surface area is 194 Å². The highest BCUT2D eigenvalue weighted by atomic mass is 16.5. The van der Waals surface area contributed by atoms with Crippen molar-refractivity contribution < 1.29 is 28.9 Å². The molecule has 7 nitrogen and oxygen atoms in total. The van der Waals surface area contributed by atoms with Crippen molar-refractivity contribution in [2.45, 2.75) is 39.3 Å². The van der Waals surface area contributed by atoms with Crippen LogP contribution in [0, 0.1) is 6.92 Å². The molecule has 0 aliphatic carbocycles. The third-order valence-corrected chi connectivity index (χ3v) is 5.58. The molecule has 2 aromatic rings. The van der Waals surface area contributed by atoms with Crippen LogP contribution in [0.2, 0.25) is 0 Å². The Morgan fingerprint density at radius 1 is 1.06 bits per heavy atom. The van der Waals surface area contributed by atoms with Crippen LogP contribution in [0.3, 0.4) is 0 Å². The van der Waals surface area contributed by atoms with E-state index in [0.29, 0.717) is 42.2 Å². The second-order valence-electron chi connectivity index (χ2n) is 8.24. The number of aliphatic hydroxyl groups excluding tert-OH is 1. The van der Waals surface area contributed by atoms with E-state index in [1.54, 1.807) is 43.5 Å². The van der Waals surface area contributed by atoms with Crippen LogP contribution < -0.4 is 9.47 Å². The van der Waals surface area contributed by atoms with Crippen LogP contribution in [-0.2, 0) is 14.3 Å². The third kappa shape index (κ3) is 5.20. The van der Waals surface area contributed by atoms with Gasteiger partial charge in [0.05, 0.1) is 37.5 Å². The molecule has 7 heteroatoms. The Hall–Kier alpha value is -3.32. The lowest BCUT2D eigenvalue weighted by Gasteiger charge is -2.25. The predicted molar refractivity (Wildman–Crippen MR) is 125 cm³/mol. The van der Waals surface area contributed by atoms with Gasteiger partial charge in [0.2, 0.25) is 0 Å². The first-order chi connectivity index (χ1) is 15.8. The maximum atomic E-state index is 13.2. The van der Waals surface area contributed by atoms with Gasteiger partial charge in [-0.15, -0.1) is 0 Å². The van der Waals surface area contributed by atoms with Crippen molar-refractivity contribution in [1.29, 1.82) is 0 Å². The number of carbonyl (C=O) groups excluding carboxylic acids is 2. The van der Waals surface area contributed by atoms with Crippen LogP contribution in [0.15, 0.2) is 48.0 Å². The van der Waals surface area contributed by atoms with Crippen LogP contribution in [0.1, 0.15) is 43.0 Å². The number of Topliss-reactive ketones (excluding diaryl/α,β-unsaturated/α-hetero) is 1. The fraction of sp³-hybridized carbons (Fsp3) is 0.385. The number of ketones is 1. The number of carbonyl (C=O) groups is 2. The minimum atomic E-state index is -0.736. The number of hydrogen-bond acceptors (Lipinski definition) is 6. The first-order valence-electron chi connectivity index (χ1n) is 11.0. The minimum Gasteiger partial charge on any atom is -0.507 e. The van der Waals surface area contributed by atoms with Crippen molar-refractivity contribution in [3.05, 3.63) is 64.7 Å². The highest BCUT2D eigenvalue weighted by Crippen LogP contribution is 2.41. The zero-order valence-corrected chi connectivity index (χ0v) is 19.8. The van der Waals surface area contributed by atoms with Gasteiger partial charge in [0.15, 0.2) is 0 Å². The summed E-state index contributed by atoms with van der Waals surface area (Å²) < 4.78 is 16.3. The Morgan fingerprint density at radius 2 is 1.76 bits per heavy atom. The Morgan fingerprint density at radius 3 is 2.36 bits per heavy atom. The molecule has 0 aromatic heterocycles. The lowest BCUT2D eigenvalue weighted by atomic mass is 9.94. The molecule has 1 atom stereocenters. The van der Waals surface area contributed by atoms with E-state index in [1.165, 1.54) is 12.0 Å². The largest absolute Gasteiger partial charge is 0.507 e. The monoisotopic (exact) mass is 453 g/mol. The molecule has 1 fully saturated rings. The quantitative estimate of drug-likeness (QED) is 0.264. The number of aliphatic hydroxyl groups is 1. The minimum absolute atomic E-state index is 0.0406. The van der Waals surface area contributed by atoms with Gasteiger partial charge >= 0.3 is 0 Å². The van der Waals surface area contributed by atoms with Crippen LogP contribution in [0.5, 0.6) is 11.5 Å². The molecule has 1 unspecified atom stereocenters. The lowest BCUT2D eigenvalue weighted by molar-refractivity contribution is -0.140. The summed E-state index contributed by atoms with van der Waals surface area (Å²) in [7, 11) is 3.07. The lowest BCUT2D eigenvalue weighted by Crippen LogP contribution is -2.31. The van der Waals surface area contributed by atoms with Crippen molar-refractivity contribution in [3.63, 3.8) is 0 Å². The van der Waals surface area contributed by atoms with E-state index in [9.17, 15) is 14.7 Å². The van der Waals surface area contributed by atoms with Crippen molar-refractivity contribution in [2.75, 3.05) is 27.4 Å². The molecular weight excluding hydrogens is 422 g/mol. The Balaban J connectivity index is 2.09. The summed E-state index contributed by atoms with van der Waals surface area (Å²) in [5.41, 5.74) is 2.00. The summed E-state index contributed by atoms with van der Waals surface area (Å²) in [6.07, 6.45) is 0.637. The summed E-state index contributed by atoms with van der Waals surface area (Å²) >= 11 is 0. The van der Waals surface area contributed by atoms with E-state index in [-0.39, 0.29) is 17.4 Å². The molecule has 1 amide bonds. The number of nitrogens with zero attached hydrogens (tertiary/aromatic N) is 1. The van der Waals surface area contributed by atoms with Gasteiger partial charge in [-0.2, -0.15) is 0 Å². The molecule has 3 rings (SSSR count). The number of amides is 1. The van der Waals surface area contributed by atoms with Gasteiger partial charge < -0.3 is 24.2 Å². The average molecular weight is 454 g/mol. The third-order valence-electron chi connectivity index (χ3n) is 5.58. The highest BCUT2D eigenvalue weighted by Gasteiger charge is 2.46. The fourth-order valence-corrected chi connectivity index (χ4v) is 3.95. The van der Waals surface area contributed by atoms with Crippen molar-refractivity contribution >= 4 is 17.4 Å². The number of methoxy groups -OCH3 is 2. The Kier molecular flexibility index (Phi) is 7.76. The molecule has 0 saturated carbocycles. The molecule has 1 aliphatic heterocycles. The van der Waals surface area contributed by atoms with E-state index in [2.05, 4.69) is 0 Å². The molecule has 1 N–H and O–H groups in total. The maximum absolute atomic E-state index is 13.2. The maximum Gasteiger partial charge on any atom is 0.295 e. The van der Waals surface area contributed by atoms with E-state index in [4.69, 9.17) is 14.2 Å². The molecule has 1 saturated heterocycles. The normalized spacial score (nSPS) is 17.6. The van der Waals surface area contributed by atoms with Gasteiger partial charge in [0, 0.05) is 13.2 Å². The van der Waals surface area contributed by atoms with Crippen molar-refractivity contribution in [2.24, 2.45) is 0 Å². The molecule has 1 aliphatic rings. The van der Waals surface area contributed by atoms with Crippen LogP contribution in [0.4, 0.5) is 0 Å². The van der Waals surface area contributed by atoms with Gasteiger partial charge in [-0.1, -0.05) is 23.8 Å². The number of ether oxygens (including phenoxy) is 3. The smallest absolute Gasteiger partial charge is 0.295 e. The zero-order chi connectivity index (χ0) is 24.1. The second kappa shape index (κ2) is 10.5. The van der Waals surface area contributed by atoms with Crippen LogP contribution in [-0.4, -0.2) is 55.2 Å². The predicted octanol–water partition coefficient (Wildman–Crippen LogP) is 4.25. The van der Waals surface area contributed by atoms with E-state index in [1.807, 2.05) is 26.8 Å². The number of benzene rings is 2. The summed E-state index contributed by atoms with van der Waals surface area (Å²) in [5, 5.41) is 11.3. The summed E-state index contributed by atoms with van der Waals surface area (Å²) in [6, 6.07) is 11.7. The molecular formula is C26H31NO6. The van der Waals surface area contributed by atoms with E-state index >= 15 is 0 Å². The van der Waals surface area contributed by atoms with E-state index < -0.39 is 17.7 Å². The summed E-state index contributed by atoms with van der Waals surface area (Å²) in [4.78, 5) is 27.7. The molecule has 2 aromatic carbocycles. The number of likely N-dealkylation sites (tertiary alicyclic amines) is 1. The standard InChI is InChI=1S/C26H31NO6/c1-16(2)33-14-6-13-27-23(18-8-10-19(31-4)11-9-18)22(25(29)26(27)30)24(28)20-15-17(3)7-12-21(20)32-5/h7-12,15-16,23,28H,6,13-14H2,1-5H3/b24-22+. The second-order valence-corrected chi connectivity index (χ2v) is 8.24. The number of hydrogen-bond donors (Lipinski definition) is 1. The fourth-order valence-electron chi connectivity index (χ4n) is 3.95. The van der Waals surface area contributed by atoms with Crippen molar-refractivity contribution in [3.8, 4) is 11.5 Å². The Bertz CT molecular complexity index is 1040. The zero-order valence-electron chi connectivity index (χ0n) is 19.8. The van der Waals surface area contributed by atoms with Crippen LogP contribution >= 0.6 is 0 Å². The molecule has 0 radical (unpaired) electrons. The van der Waals surface area contributed by atoms with Gasteiger partial charge in [0.1, 0.15) is 17.3 Å². The summed E-state index contributed by atoms with van der Waals surface area (Å²) in [5.74, 6) is -0.546. The first kappa shape index (κ1) is 24.3. The molecule has 176 valence electrons. The number of rotatable bonds is 9. The van der Waals surface area contributed by atoms with E-state index in [0.717, 1.165) is 5.56 Å². The SMILES string of the molecule is COc1ccc(C2/C(=C(\O)c3cc(C)ccc3OC)C(=O)C(=O)N2CCCOC(C)C)cc1. The molecule has 0 spiro atoms. The van der Waals surface area contributed by atoms with Gasteiger partial charge in [-0.05, 0) is 57.0 Å². The van der Waals surface area contributed by atoms with Crippen molar-refractivity contribution in [1.82, 2.24) is 4.90 Å². The van der Waals surface area contributed by atoms with Crippen LogP contribution in [0.25, 0.3) is 5.76 Å². The van der Waals surface area contributed by atoms with Gasteiger partial charge in [-0.25, -0.2) is 0 Å². The topological polar surface area (TPSA) is 85.3 Å². The van der Waals surface area contributed by atoms with Gasteiger partial charge in [0.25, 0.3) is 11.7 Å². The summed E-state index contributed by atoms with van der Waals surface area (Å²) in [6.45, 7) is 6.54. The molecule has 33 heavy (non-hydrogen) atoms. The first-order valence-corrected chi connectivity index (χ1v) is 11.0. The number of aryl methyl sites for hydroxylation is 1. The molecule has 0 bridgehead atoms. The van der Waals surface area contributed by atoms with Gasteiger partial charge in [-0.3, -0.25) is 9.59 Å².